The molecule has 3 heteroatoms. The summed E-state index contributed by atoms with van der Waals surface area (Å²) in [6.45, 7) is 3.35. The lowest BCUT2D eigenvalue weighted by molar-refractivity contribution is -0.141. The molecule has 0 fully saturated rings. The molecule has 0 saturated carbocycles. The predicted octanol–water partition coefficient (Wildman–Crippen LogP) is 1.35. The Hall–Kier alpha value is -1.83. The van der Waals surface area contributed by atoms with Gasteiger partial charge in [0.1, 0.15) is 5.54 Å². The van der Waals surface area contributed by atoms with Crippen LogP contribution in [0.3, 0.4) is 0 Å². The van der Waals surface area contributed by atoms with Crippen molar-refractivity contribution in [2.45, 2.75) is 12.0 Å². The van der Waals surface area contributed by atoms with Crippen LogP contribution in [0.15, 0.2) is 48.7 Å². The Morgan fingerprint density at radius 1 is 1.53 bits per heavy atom. The van der Waals surface area contributed by atoms with Gasteiger partial charge in [-0.25, -0.2) is 4.79 Å². The Morgan fingerprint density at radius 3 is 2.60 bits per heavy atom. The van der Waals surface area contributed by atoms with Crippen LogP contribution >= 0.6 is 0 Å². The number of carboxylic acids is 1. The molecule has 0 heterocycles. The highest BCUT2D eigenvalue weighted by Crippen LogP contribution is 2.12. The van der Waals surface area contributed by atoms with Crippen molar-refractivity contribution in [2.24, 2.45) is 5.73 Å². The number of benzene rings is 1. The first-order chi connectivity index (χ1) is 7.08. The highest BCUT2D eigenvalue weighted by Gasteiger charge is 2.31. The van der Waals surface area contributed by atoms with Gasteiger partial charge < -0.3 is 10.8 Å². The third-order valence-corrected chi connectivity index (χ3v) is 2.10. The van der Waals surface area contributed by atoms with E-state index in [0.717, 1.165) is 5.56 Å². The van der Waals surface area contributed by atoms with Gasteiger partial charge in [-0.05, 0) is 11.6 Å². The molecule has 0 bridgehead atoms. The second kappa shape index (κ2) is 4.60. The summed E-state index contributed by atoms with van der Waals surface area (Å²) < 4.78 is 0. The summed E-state index contributed by atoms with van der Waals surface area (Å²) in [6, 6.07) is 9.22. The topological polar surface area (TPSA) is 63.3 Å². The summed E-state index contributed by atoms with van der Waals surface area (Å²) in [4.78, 5) is 11.0. The number of rotatable bonds is 4. The van der Waals surface area contributed by atoms with Crippen LogP contribution in [0.4, 0.5) is 0 Å². The maximum atomic E-state index is 11.0. The fourth-order valence-electron chi connectivity index (χ4n) is 1.30. The van der Waals surface area contributed by atoms with Gasteiger partial charge in [0.05, 0.1) is 0 Å². The first kappa shape index (κ1) is 11.2. The van der Waals surface area contributed by atoms with Crippen LogP contribution in [0.25, 0.3) is 0 Å². The minimum absolute atomic E-state index is 0.228. The largest absolute Gasteiger partial charge is 0.480 e. The van der Waals surface area contributed by atoms with E-state index in [2.05, 4.69) is 12.3 Å². The summed E-state index contributed by atoms with van der Waals surface area (Å²) in [5.41, 5.74) is 7.60. The van der Waals surface area contributed by atoms with Crippen molar-refractivity contribution in [1.29, 1.82) is 0 Å². The zero-order valence-electron chi connectivity index (χ0n) is 8.31. The molecule has 0 aromatic heterocycles. The molecule has 1 unspecified atom stereocenters. The molecule has 15 heavy (non-hydrogen) atoms. The molecule has 1 aromatic carbocycles. The van der Waals surface area contributed by atoms with Crippen LogP contribution in [0, 0.1) is 0 Å². The van der Waals surface area contributed by atoms with Crippen LogP contribution < -0.4 is 5.73 Å². The van der Waals surface area contributed by atoms with Gasteiger partial charge in [0.15, 0.2) is 0 Å². The van der Waals surface area contributed by atoms with Crippen LogP contribution in [-0.4, -0.2) is 16.6 Å². The smallest absolute Gasteiger partial charge is 0.328 e. The molecule has 0 saturated heterocycles. The summed E-state index contributed by atoms with van der Waals surface area (Å²) in [5, 5.41) is 9.00. The van der Waals surface area contributed by atoms with Crippen LogP contribution in [0.5, 0.6) is 0 Å². The highest BCUT2D eigenvalue weighted by atomic mass is 16.4. The van der Waals surface area contributed by atoms with Gasteiger partial charge in [-0.2, -0.15) is 0 Å². The Balaban J connectivity index is 2.95. The third-order valence-electron chi connectivity index (χ3n) is 2.10. The normalized spacial score (nSPS) is 13.7. The highest BCUT2D eigenvalue weighted by molar-refractivity contribution is 5.81. The van der Waals surface area contributed by atoms with Crippen molar-refractivity contribution in [1.82, 2.24) is 0 Å². The lowest BCUT2D eigenvalue weighted by Gasteiger charge is -2.19. The summed E-state index contributed by atoms with van der Waals surface area (Å²) in [5.74, 6) is -1.08. The van der Waals surface area contributed by atoms with Crippen molar-refractivity contribution < 1.29 is 9.90 Å². The lowest BCUT2D eigenvalue weighted by Crippen LogP contribution is -2.47. The average molecular weight is 203 g/mol. The van der Waals surface area contributed by atoms with Gasteiger partial charge in [0, 0.05) is 6.42 Å². The van der Waals surface area contributed by atoms with Crippen molar-refractivity contribution in [3.8, 4) is 0 Å². The van der Waals surface area contributed by atoms with Crippen LogP contribution in [-0.2, 0) is 11.2 Å². The molecule has 1 aromatic rings. The number of carboxylic acid groups (broad SMARTS) is 1. The molecule has 1 rings (SSSR count). The zero-order chi connectivity index (χ0) is 11.3. The molecule has 0 aliphatic heterocycles. The number of aliphatic carboxylic acids is 1. The quantitative estimate of drug-likeness (QED) is 0.726. The third kappa shape index (κ3) is 2.81. The lowest BCUT2D eigenvalue weighted by atomic mass is 9.92. The molecule has 3 N–H and O–H groups in total. The van der Waals surface area contributed by atoms with Crippen molar-refractivity contribution in [2.75, 3.05) is 0 Å². The first-order valence-corrected chi connectivity index (χ1v) is 4.52. The zero-order valence-corrected chi connectivity index (χ0v) is 8.31. The van der Waals surface area contributed by atoms with E-state index in [1.807, 2.05) is 30.3 Å². The number of hydrogen-bond acceptors (Lipinski definition) is 2. The number of hydrogen-bond donors (Lipinski definition) is 2. The van der Waals surface area contributed by atoms with E-state index in [0.29, 0.717) is 0 Å². The molecule has 0 spiro atoms. The summed E-state index contributed by atoms with van der Waals surface area (Å²) in [7, 11) is 0. The molecule has 0 radical (unpaired) electrons. The second-order valence-corrected chi connectivity index (χ2v) is 3.36. The minimum atomic E-state index is -1.43. The summed E-state index contributed by atoms with van der Waals surface area (Å²) >= 11 is 0. The molecule has 0 aliphatic carbocycles. The number of carbonyl (C=O) groups is 1. The van der Waals surface area contributed by atoms with Gasteiger partial charge in [-0.15, -0.1) is 5.73 Å². The van der Waals surface area contributed by atoms with Crippen LogP contribution in [0.1, 0.15) is 5.56 Å². The van der Waals surface area contributed by atoms with Gasteiger partial charge >= 0.3 is 5.97 Å². The van der Waals surface area contributed by atoms with E-state index >= 15 is 0 Å². The van der Waals surface area contributed by atoms with Crippen molar-refractivity contribution in [3.05, 3.63) is 54.3 Å². The SMILES string of the molecule is C=C=CC(N)(Cc1ccccc1)C(=O)O. The molecule has 0 amide bonds. The predicted molar refractivity (Wildman–Crippen MR) is 58.4 cm³/mol. The Labute approximate surface area is 88.5 Å². The molecule has 3 nitrogen and oxygen atoms in total. The van der Waals surface area contributed by atoms with E-state index in [9.17, 15) is 4.79 Å². The molecule has 1 atom stereocenters. The van der Waals surface area contributed by atoms with Gasteiger partial charge in [0.25, 0.3) is 0 Å². The van der Waals surface area contributed by atoms with Gasteiger partial charge in [-0.3, -0.25) is 0 Å². The maximum Gasteiger partial charge on any atom is 0.328 e. The van der Waals surface area contributed by atoms with E-state index in [-0.39, 0.29) is 6.42 Å². The second-order valence-electron chi connectivity index (χ2n) is 3.36. The van der Waals surface area contributed by atoms with Crippen LogP contribution in [0.2, 0.25) is 0 Å². The fourth-order valence-corrected chi connectivity index (χ4v) is 1.30. The monoisotopic (exact) mass is 203 g/mol. The molecular weight excluding hydrogens is 190 g/mol. The standard InChI is InChI=1S/C12H13NO2/c1-2-8-12(13,11(14)15)9-10-6-4-3-5-7-10/h3-8H,1,9,13H2,(H,14,15). The van der Waals surface area contributed by atoms with E-state index < -0.39 is 11.5 Å². The van der Waals surface area contributed by atoms with Gasteiger partial charge in [-0.1, -0.05) is 36.9 Å². The average Bonchev–Trinajstić information content (AvgIpc) is 2.19. The van der Waals surface area contributed by atoms with Gasteiger partial charge in [0.2, 0.25) is 0 Å². The molecular formula is C12H13NO2. The first-order valence-electron chi connectivity index (χ1n) is 4.52. The maximum absolute atomic E-state index is 11.0. The molecule has 78 valence electrons. The Bertz CT molecular complexity index is 389. The Kier molecular flexibility index (Phi) is 3.45. The number of nitrogens with two attached hydrogens (primary N) is 1. The molecule has 0 aliphatic rings. The van der Waals surface area contributed by atoms with E-state index in [4.69, 9.17) is 10.8 Å². The minimum Gasteiger partial charge on any atom is -0.480 e. The van der Waals surface area contributed by atoms with Crippen molar-refractivity contribution >= 4 is 5.97 Å². The summed E-state index contributed by atoms with van der Waals surface area (Å²) in [6.07, 6.45) is 1.51. The van der Waals surface area contributed by atoms with E-state index in [1.54, 1.807) is 0 Å². The fraction of sp³-hybridized carbons (Fsp3) is 0.167. The van der Waals surface area contributed by atoms with Crippen molar-refractivity contribution in [3.63, 3.8) is 0 Å². The van der Waals surface area contributed by atoms with E-state index in [1.165, 1.54) is 6.08 Å². The Morgan fingerprint density at radius 2 is 2.13 bits per heavy atom.